The lowest BCUT2D eigenvalue weighted by atomic mass is 10.1. The molecule has 1 N–H and O–H groups in total. The molecule has 2 aromatic carbocycles. The summed E-state index contributed by atoms with van der Waals surface area (Å²) in [5, 5.41) is 2.98. The molecule has 1 amide bonds. The van der Waals surface area contributed by atoms with Gasteiger partial charge in [0, 0.05) is 5.69 Å². The van der Waals surface area contributed by atoms with Gasteiger partial charge in [-0.25, -0.2) is 0 Å². The highest BCUT2D eigenvalue weighted by molar-refractivity contribution is 6.32. The smallest absolute Gasteiger partial charge is 0.211 e. The summed E-state index contributed by atoms with van der Waals surface area (Å²) >= 11 is 6.11. The first-order valence-electron chi connectivity index (χ1n) is 5.85. The van der Waals surface area contributed by atoms with Crippen LogP contribution in [-0.2, 0) is 4.79 Å². The fourth-order valence-corrected chi connectivity index (χ4v) is 1.86. The van der Waals surface area contributed by atoms with E-state index in [1.54, 1.807) is 18.2 Å². The van der Waals surface area contributed by atoms with Crippen LogP contribution in [-0.4, -0.2) is 6.41 Å². The van der Waals surface area contributed by atoms with Crippen molar-refractivity contribution in [2.45, 2.75) is 13.8 Å². The Bertz CT molecular complexity index is 611. The van der Waals surface area contributed by atoms with Crippen LogP contribution in [0, 0.1) is 13.8 Å². The van der Waals surface area contributed by atoms with Crippen LogP contribution in [0.3, 0.4) is 0 Å². The number of amides is 1. The van der Waals surface area contributed by atoms with E-state index in [0.29, 0.717) is 22.9 Å². The molecule has 0 aliphatic carbocycles. The van der Waals surface area contributed by atoms with Crippen molar-refractivity contribution in [3.8, 4) is 11.5 Å². The van der Waals surface area contributed by atoms with Gasteiger partial charge in [0.25, 0.3) is 0 Å². The molecule has 0 heterocycles. The lowest BCUT2D eigenvalue weighted by Gasteiger charge is -2.10. The molecular formula is C15H14ClNO2. The van der Waals surface area contributed by atoms with E-state index in [2.05, 4.69) is 5.32 Å². The Morgan fingerprint density at radius 2 is 1.89 bits per heavy atom. The number of ether oxygens (including phenoxy) is 1. The maximum atomic E-state index is 10.3. The van der Waals surface area contributed by atoms with E-state index in [-0.39, 0.29) is 0 Å². The summed E-state index contributed by atoms with van der Waals surface area (Å²) < 4.78 is 5.73. The molecule has 19 heavy (non-hydrogen) atoms. The second-order valence-electron chi connectivity index (χ2n) is 4.26. The van der Waals surface area contributed by atoms with Gasteiger partial charge < -0.3 is 10.1 Å². The number of aryl methyl sites for hydroxylation is 2. The molecule has 98 valence electrons. The Labute approximate surface area is 117 Å². The normalized spacial score (nSPS) is 10.1. The highest BCUT2D eigenvalue weighted by atomic mass is 35.5. The molecule has 0 atom stereocenters. The zero-order valence-electron chi connectivity index (χ0n) is 10.7. The third kappa shape index (κ3) is 3.26. The number of benzene rings is 2. The van der Waals surface area contributed by atoms with Gasteiger partial charge in [0.05, 0.1) is 5.02 Å². The van der Waals surface area contributed by atoms with Crippen LogP contribution >= 0.6 is 11.6 Å². The largest absolute Gasteiger partial charge is 0.456 e. The predicted octanol–water partition coefficient (Wildman–Crippen LogP) is 4.32. The number of carbonyl (C=O) groups excluding carboxylic acids is 1. The Morgan fingerprint density at radius 1 is 1.11 bits per heavy atom. The van der Waals surface area contributed by atoms with Crippen LogP contribution in [0.5, 0.6) is 11.5 Å². The second-order valence-corrected chi connectivity index (χ2v) is 4.66. The zero-order chi connectivity index (χ0) is 13.8. The molecule has 0 saturated carbocycles. The molecule has 0 aromatic heterocycles. The fraction of sp³-hybridized carbons (Fsp3) is 0.133. The Kier molecular flexibility index (Phi) is 4.07. The molecular weight excluding hydrogens is 262 g/mol. The summed E-state index contributed by atoms with van der Waals surface area (Å²) in [4.78, 5) is 10.3. The van der Waals surface area contributed by atoms with Gasteiger partial charge >= 0.3 is 0 Å². The standard InChI is InChI=1S/C15H14ClNO2/c1-10-3-5-13(7-11(10)2)19-15-6-4-12(17-9-18)8-14(15)16/h3-9H,1-2H3,(H,17,18). The van der Waals surface area contributed by atoms with Crippen molar-refractivity contribution in [2.24, 2.45) is 0 Å². The molecule has 0 aliphatic heterocycles. The first kappa shape index (κ1) is 13.4. The molecule has 2 rings (SSSR count). The lowest BCUT2D eigenvalue weighted by molar-refractivity contribution is -0.105. The van der Waals surface area contributed by atoms with Crippen molar-refractivity contribution in [3.05, 3.63) is 52.5 Å². The number of halogens is 1. The monoisotopic (exact) mass is 275 g/mol. The molecule has 0 unspecified atom stereocenters. The summed E-state index contributed by atoms with van der Waals surface area (Å²) in [5.41, 5.74) is 3.00. The minimum atomic E-state index is 0.449. The molecule has 0 spiro atoms. The molecule has 3 nitrogen and oxygen atoms in total. The van der Waals surface area contributed by atoms with E-state index in [1.807, 2.05) is 32.0 Å². The number of anilines is 1. The third-order valence-corrected chi connectivity index (χ3v) is 3.16. The predicted molar refractivity (Wildman–Crippen MR) is 77.1 cm³/mol. The minimum Gasteiger partial charge on any atom is -0.456 e. The number of hydrogen-bond acceptors (Lipinski definition) is 2. The molecule has 2 aromatic rings. The van der Waals surface area contributed by atoms with Crippen LogP contribution in [0.2, 0.25) is 5.02 Å². The summed E-state index contributed by atoms with van der Waals surface area (Å²) in [6.07, 6.45) is 0.607. The quantitative estimate of drug-likeness (QED) is 0.844. The number of rotatable bonds is 4. The maximum absolute atomic E-state index is 10.3. The average Bonchev–Trinajstić information content (AvgIpc) is 2.37. The third-order valence-electron chi connectivity index (χ3n) is 2.86. The minimum absolute atomic E-state index is 0.449. The van der Waals surface area contributed by atoms with Gasteiger partial charge in [-0.3, -0.25) is 4.79 Å². The molecule has 0 bridgehead atoms. The molecule has 4 heteroatoms. The van der Waals surface area contributed by atoms with E-state index in [0.717, 1.165) is 11.3 Å². The second kappa shape index (κ2) is 5.76. The van der Waals surface area contributed by atoms with Crippen molar-refractivity contribution >= 4 is 23.7 Å². The van der Waals surface area contributed by atoms with Gasteiger partial charge in [-0.1, -0.05) is 17.7 Å². The van der Waals surface area contributed by atoms with Crippen LogP contribution < -0.4 is 10.1 Å². The van der Waals surface area contributed by atoms with Gasteiger partial charge in [0.15, 0.2) is 0 Å². The van der Waals surface area contributed by atoms with Crippen molar-refractivity contribution in [2.75, 3.05) is 5.32 Å². The van der Waals surface area contributed by atoms with Crippen molar-refractivity contribution < 1.29 is 9.53 Å². The Morgan fingerprint density at radius 3 is 2.53 bits per heavy atom. The summed E-state index contributed by atoms with van der Waals surface area (Å²) in [7, 11) is 0. The Balaban J connectivity index is 2.23. The molecule has 0 fully saturated rings. The van der Waals surface area contributed by atoms with Crippen LogP contribution in [0.25, 0.3) is 0 Å². The van der Waals surface area contributed by atoms with Crippen molar-refractivity contribution in [1.82, 2.24) is 0 Å². The van der Waals surface area contributed by atoms with E-state index in [4.69, 9.17) is 16.3 Å². The van der Waals surface area contributed by atoms with Gasteiger partial charge in [0.1, 0.15) is 11.5 Å². The summed E-state index contributed by atoms with van der Waals surface area (Å²) in [5.74, 6) is 1.29. The Hall–Kier alpha value is -2.00. The maximum Gasteiger partial charge on any atom is 0.211 e. The fourth-order valence-electron chi connectivity index (χ4n) is 1.65. The number of nitrogens with one attached hydrogen (secondary N) is 1. The number of hydrogen-bond donors (Lipinski definition) is 1. The van der Waals surface area contributed by atoms with Crippen LogP contribution in [0.4, 0.5) is 5.69 Å². The summed E-state index contributed by atoms with van der Waals surface area (Å²) in [6.45, 7) is 4.08. The zero-order valence-corrected chi connectivity index (χ0v) is 11.5. The van der Waals surface area contributed by atoms with Crippen molar-refractivity contribution in [3.63, 3.8) is 0 Å². The first-order chi connectivity index (χ1) is 9.10. The van der Waals surface area contributed by atoms with E-state index in [1.165, 1.54) is 5.56 Å². The van der Waals surface area contributed by atoms with Gasteiger partial charge in [-0.15, -0.1) is 0 Å². The first-order valence-corrected chi connectivity index (χ1v) is 6.23. The van der Waals surface area contributed by atoms with E-state index in [9.17, 15) is 4.79 Å². The molecule has 0 radical (unpaired) electrons. The highest BCUT2D eigenvalue weighted by Crippen LogP contribution is 2.32. The van der Waals surface area contributed by atoms with Crippen molar-refractivity contribution in [1.29, 1.82) is 0 Å². The van der Waals surface area contributed by atoms with Crippen LogP contribution in [0.15, 0.2) is 36.4 Å². The molecule has 0 saturated heterocycles. The van der Waals surface area contributed by atoms with Crippen LogP contribution in [0.1, 0.15) is 11.1 Å². The van der Waals surface area contributed by atoms with E-state index >= 15 is 0 Å². The average molecular weight is 276 g/mol. The van der Waals surface area contributed by atoms with Gasteiger partial charge in [-0.05, 0) is 55.3 Å². The van der Waals surface area contributed by atoms with E-state index < -0.39 is 0 Å². The number of carbonyl (C=O) groups is 1. The molecule has 0 aliphatic rings. The summed E-state index contributed by atoms with van der Waals surface area (Å²) in [6, 6.07) is 11.0. The van der Waals surface area contributed by atoms with Gasteiger partial charge in [-0.2, -0.15) is 0 Å². The van der Waals surface area contributed by atoms with Gasteiger partial charge in [0.2, 0.25) is 6.41 Å². The highest BCUT2D eigenvalue weighted by Gasteiger charge is 2.05. The lowest BCUT2D eigenvalue weighted by Crippen LogP contribution is -1.94. The topological polar surface area (TPSA) is 38.3 Å². The SMILES string of the molecule is Cc1ccc(Oc2ccc(NC=O)cc2Cl)cc1C.